The lowest BCUT2D eigenvalue weighted by atomic mass is 9.99. The number of likely N-dealkylation sites (tertiary alicyclic amines) is 1. The van der Waals surface area contributed by atoms with E-state index in [1.165, 1.54) is 11.0 Å². The fourth-order valence-corrected chi connectivity index (χ4v) is 4.14. The van der Waals surface area contributed by atoms with Crippen molar-refractivity contribution in [3.8, 4) is 0 Å². The molecule has 0 aromatic heterocycles. The SMILES string of the molecule is O=C1CC(C(=O)N2CCCc3ccccc32)CN1Cc1cccc(C(F)(F)F)c1. The highest BCUT2D eigenvalue weighted by Crippen LogP contribution is 2.32. The molecule has 0 saturated carbocycles. The molecule has 2 aromatic carbocycles. The van der Waals surface area contributed by atoms with Crippen LogP contribution in [0.1, 0.15) is 29.5 Å². The van der Waals surface area contributed by atoms with Crippen molar-refractivity contribution in [2.45, 2.75) is 32.0 Å². The van der Waals surface area contributed by atoms with Crippen molar-refractivity contribution in [2.75, 3.05) is 18.0 Å². The van der Waals surface area contributed by atoms with E-state index >= 15 is 0 Å². The van der Waals surface area contributed by atoms with Crippen molar-refractivity contribution in [3.05, 3.63) is 65.2 Å². The number of benzene rings is 2. The third-order valence-corrected chi connectivity index (χ3v) is 5.57. The molecule has 2 aliphatic rings. The third-order valence-electron chi connectivity index (χ3n) is 5.57. The fourth-order valence-electron chi connectivity index (χ4n) is 4.14. The van der Waals surface area contributed by atoms with Crippen LogP contribution in [0, 0.1) is 5.92 Å². The van der Waals surface area contributed by atoms with Crippen LogP contribution in [-0.4, -0.2) is 29.8 Å². The lowest BCUT2D eigenvalue weighted by Gasteiger charge is -2.31. The Morgan fingerprint density at radius 1 is 1.10 bits per heavy atom. The van der Waals surface area contributed by atoms with Gasteiger partial charge in [-0.05, 0) is 42.2 Å². The summed E-state index contributed by atoms with van der Waals surface area (Å²) in [5.41, 5.74) is 1.69. The summed E-state index contributed by atoms with van der Waals surface area (Å²) in [4.78, 5) is 28.8. The second kappa shape index (κ2) is 7.54. The molecule has 2 aromatic rings. The maximum Gasteiger partial charge on any atom is 0.416 e. The van der Waals surface area contributed by atoms with Gasteiger partial charge in [-0.2, -0.15) is 13.2 Å². The number of fused-ring (bicyclic) bond motifs is 1. The first-order chi connectivity index (χ1) is 13.8. The molecular weight excluding hydrogens is 381 g/mol. The molecule has 2 aliphatic heterocycles. The molecule has 0 aliphatic carbocycles. The van der Waals surface area contributed by atoms with Crippen molar-refractivity contribution in [2.24, 2.45) is 5.92 Å². The molecule has 1 saturated heterocycles. The van der Waals surface area contributed by atoms with Crippen molar-refractivity contribution < 1.29 is 22.8 Å². The van der Waals surface area contributed by atoms with E-state index in [1.807, 2.05) is 24.3 Å². The normalized spacial score (nSPS) is 19.4. The Balaban J connectivity index is 1.47. The molecule has 0 spiro atoms. The molecule has 1 atom stereocenters. The molecule has 152 valence electrons. The zero-order valence-electron chi connectivity index (χ0n) is 15.8. The number of halogens is 3. The van der Waals surface area contributed by atoms with E-state index in [0.717, 1.165) is 36.2 Å². The Morgan fingerprint density at radius 3 is 2.69 bits per heavy atom. The highest BCUT2D eigenvalue weighted by Gasteiger charge is 2.38. The Hall–Kier alpha value is -2.83. The quantitative estimate of drug-likeness (QED) is 0.778. The maximum absolute atomic E-state index is 13.1. The van der Waals surface area contributed by atoms with Gasteiger partial charge in [-0.25, -0.2) is 0 Å². The van der Waals surface area contributed by atoms with Crippen molar-refractivity contribution in [1.82, 2.24) is 4.90 Å². The van der Waals surface area contributed by atoms with E-state index in [4.69, 9.17) is 0 Å². The Kier molecular flexibility index (Phi) is 5.06. The topological polar surface area (TPSA) is 40.6 Å². The zero-order chi connectivity index (χ0) is 20.6. The molecule has 29 heavy (non-hydrogen) atoms. The first-order valence-corrected chi connectivity index (χ1v) is 9.66. The minimum Gasteiger partial charge on any atom is -0.338 e. The third kappa shape index (κ3) is 3.99. The first kappa shape index (κ1) is 19.5. The number of rotatable bonds is 3. The van der Waals surface area contributed by atoms with Gasteiger partial charge in [-0.3, -0.25) is 9.59 Å². The number of anilines is 1. The van der Waals surface area contributed by atoms with Gasteiger partial charge in [0.1, 0.15) is 0 Å². The monoisotopic (exact) mass is 402 g/mol. The minimum atomic E-state index is -4.43. The summed E-state index contributed by atoms with van der Waals surface area (Å²) in [6.45, 7) is 0.921. The summed E-state index contributed by atoms with van der Waals surface area (Å²) in [6, 6.07) is 12.7. The Morgan fingerprint density at radius 2 is 1.90 bits per heavy atom. The standard InChI is InChI=1S/C22H21F3N2O2/c23-22(24,25)18-8-3-5-15(11-18)13-26-14-17(12-20(26)28)21(29)27-10-4-7-16-6-1-2-9-19(16)27/h1-3,5-6,8-9,11,17H,4,7,10,12-14H2. The van der Waals surface area contributed by atoms with Crippen LogP contribution >= 0.6 is 0 Å². The summed E-state index contributed by atoms with van der Waals surface area (Å²) >= 11 is 0. The van der Waals surface area contributed by atoms with Gasteiger partial charge in [0.05, 0.1) is 11.5 Å². The Labute approximate surface area is 166 Å². The van der Waals surface area contributed by atoms with Gasteiger partial charge in [0, 0.05) is 31.7 Å². The largest absolute Gasteiger partial charge is 0.416 e. The Bertz CT molecular complexity index is 942. The molecule has 0 N–H and O–H groups in total. The second-order valence-electron chi connectivity index (χ2n) is 7.60. The average molecular weight is 402 g/mol. The van der Waals surface area contributed by atoms with E-state index in [2.05, 4.69) is 0 Å². The number of para-hydroxylation sites is 1. The van der Waals surface area contributed by atoms with Crippen LogP contribution in [0.5, 0.6) is 0 Å². The van der Waals surface area contributed by atoms with E-state index in [0.29, 0.717) is 12.1 Å². The lowest BCUT2D eigenvalue weighted by Crippen LogP contribution is -2.40. The van der Waals surface area contributed by atoms with Crippen LogP contribution in [0.4, 0.5) is 18.9 Å². The number of nitrogens with zero attached hydrogens (tertiary/aromatic N) is 2. The van der Waals surface area contributed by atoms with Gasteiger partial charge in [-0.1, -0.05) is 30.3 Å². The molecule has 4 nitrogen and oxygen atoms in total. The summed E-state index contributed by atoms with van der Waals surface area (Å²) in [7, 11) is 0. The maximum atomic E-state index is 13.1. The zero-order valence-corrected chi connectivity index (χ0v) is 15.8. The second-order valence-corrected chi connectivity index (χ2v) is 7.60. The number of amides is 2. The molecule has 2 amide bonds. The van der Waals surface area contributed by atoms with Gasteiger partial charge in [-0.15, -0.1) is 0 Å². The van der Waals surface area contributed by atoms with Gasteiger partial charge in [0.25, 0.3) is 0 Å². The van der Waals surface area contributed by atoms with E-state index in [-0.39, 0.29) is 31.3 Å². The molecule has 2 heterocycles. The van der Waals surface area contributed by atoms with Crippen LogP contribution < -0.4 is 4.90 Å². The molecule has 0 radical (unpaired) electrons. The lowest BCUT2D eigenvalue weighted by molar-refractivity contribution is -0.137. The summed E-state index contributed by atoms with van der Waals surface area (Å²) < 4.78 is 38.8. The highest BCUT2D eigenvalue weighted by atomic mass is 19.4. The predicted octanol–water partition coefficient (Wildman–Crippen LogP) is 4.03. The summed E-state index contributed by atoms with van der Waals surface area (Å²) in [5, 5.41) is 0. The van der Waals surface area contributed by atoms with E-state index in [9.17, 15) is 22.8 Å². The molecular formula is C22H21F3N2O2. The molecule has 1 fully saturated rings. The number of carbonyl (C=O) groups excluding carboxylic acids is 2. The minimum absolute atomic E-state index is 0.0725. The molecule has 7 heteroatoms. The van der Waals surface area contributed by atoms with Crippen molar-refractivity contribution in [3.63, 3.8) is 0 Å². The number of hydrogen-bond acceptors (Lipinski definition) is 2. The van der Waals surface area contributed by atoms with Crippen LogP contribution in [0.2, 0.25) is 0 Å². The number of aryl methyl sites for hydroxylation is 1. The van der Waals surface area contributed by atoms with Crippen LogP contribution in [0.25, 0.3) is 0 Å². The number of carbonyl (C=O) groups is 2. The number of alkyl halides is 3. The summed E-state index contributed by atoms with van der Waals surface area (Å²) in [5.74, 6) is -0.762. The average Bonchev–Trinajstić information content (AvgIpc) is 3.07. The smallest absolute Gasteiger partial charge is 0.338 e. The first-order valence-electron chi connectivity index (χ1n) is 9.66. The van der Waals surface area contributed by atoms with Crippen molar-refractivity contribution in [1.29, 1.82) is 0 Å². The number of hydrogen-bond donors (Lipinski definition) is 0. The molecule has 0 bridgehead atoms. The van der Waals surface area contributed by atoms with Crippen molar-refractivity contribution >= 4 is 17.5 Å². The van der Waals surface area contributed by atoms with Crippen LogP contribution in [-0.2, 0) is 28.7 Å². The summed E-state index contributed by atoms with van der Waals surface area (Å²) in [6.07, 6.45) is -2.54. The molecule has 4 rings (SSSR count). The molecule has 1 unspecified atom stereocenters. The van der Waals surface area contributed by atoms with E-state index < -0.39 is 17.7 Å². The predicted molar refractivity (Wildman–Crippen MR) is 102 cm³/mol. The van der Waals surface area contributed by atoms with E-state index in [1.54, 1.807) is 11.0 Å². The van der Waals surface area contributed by atoms with Gasteiger partial charge >= 0.3 is 6.18 Å². The van der Waals surface area contributed by atoms with Crippen LogP contribution in [0.15, 0.2) is 48.5 Å². The van der Waals surface area contributed by atoms with Gasteiger partial charge < -0.3 is 9.80 Å². The van der Waals surface area contributed by atoms with Gasteiger partial charge in [0.15, 0.2) is 0 Å². The fraction of sp³-hybridized carbons (Fsp3) is 0.364. The highest BCUT2D eigenvalue weighted by molar-refractivity contribution is 5.99. The van der Waals surface area contributed by atoms with Gasteiger partial charge in [0.2, 0.25) is 11.8 Å². The van der Waals surface area contributed by atoms with Crippen LogP contribution in [0.3, 0.4) is 0 Å².